The monoisotopic (exact) mass is 442 g/mol. The van der Waals surface area contributed by atoms with Crippen molar-refractivity contribution in [3.05, 3.63) is 54.6 Å². The molecule has 1 aliphatic rings. The molecule has 9 heteroatoms. The summed E-state index contributed by atoms with van der Waals surface area (Å²) in [6, 6.07) is 8.87. The van der Waals surface area contributed by atoms with Gasteiger partial charge in [-0.15, -0.1) is 0 Å². The molecule has 0 bridgehead atoms. The zero-order valence-electron chi connectivity index (χ0n) is 17.9. The first-order valence-corrected chi connectivity index (χ1v) is 11.6. The van der Waals surface area contributed by atoms with Crippen molar-refractivity contribution in [2.75, 3.05) is 27.3 Å². The molecule has 3 aromatic rings. The molecular weight excluding hydrogens is 416 g/mol. The summed E-state index contributed by atoms with van der Waals surface area (Å²) >= 11 is 0. The van der Waals surface area contributed by atoms with Gasteiger partial charge in [-0.1, -0.05) is 0 Å². The molecule has 0 N–H and O–H groups in total. The highest BCUT2D eigenvalue weighted by Gasteiger charge is 2.33. The number of hydrogen-bond acceptors (Lipinski definition) is 6. The zero-order valence-corrected chi connectivity index (χ0v) is 18.7. The summed E-state index contributed by atoms with van der Waals surface area (Å²) in [6.07, 6.45) is 6.75. The Bertz CT molecular complexity index is 1150. The smallest absolute Gasteiger partial charge is 0.246 e. The molecule has 1 saturated heterocycles. The minimum absolute atomic E-state index is 0.129. The molecule has 3 heterocycles. The molecule has 164 valence electrons. The molecule has 0 aliphatic carbocycles. The minimum Gasteiger partial charge on any atom is -0.497 e. The van der Waals surface area contributed by atoms with E-state index in [2.05, 4.69) is 14.5 Å². The van der Waals surface area contributed by atoms with Gasteiger partial charge in [0.15, 0.2) is 0 Å². The number of benzene rings is 1. The normalized spacial score (nSPS) is 15.7. The second-order valence-corrected chi connectivity index (χ2v) is 9.39. The van der Waals surface area contributed by atoms with Gasteiger partial charge in [-0.05, 0) is 44.0 Å². The van der Waals surface area contributed by atoms with E-state index in [9.17, 15) is 8.42 Å². The summed E-state index contributed by atoms with van der Waals surface area (Å²) in [7, 11) is -0.728. The van der Waals surface area contributed by atoms with Crippen LogP contribution >= 0.6 is 0 Å². The summed E-state index contributed by atoms with van der Waals surface area (Å²) in [5, 5.41) is 0. The summed E-state index contributed by atoms with van der Waals surface area (Å²) < 4.78 is 41.0. The highest BCUT2D eigenvalue weighted by molar-refractivity contribution is 7.89. The molecule has 1 aliphatic heterocycles. The molecule has 0 amide bonds. The van der Waals surface area contributed by atoms with Crippen molar-refractivity contribution in [2.24, 2.45) is 0 Å². The molecule has 1 aromatic carbocycles. The molecule has 8 nitrogen and oxygen atoms in total. The summed E-state index contributed by atoms with van der Waals surface area (Å²) in [5.41, 5.74) is 2.06. The highest BCUT2D eigenvalue weighted by Crippen LogP contribution is 2.35. The predicted molar refractivity (Wildman–Crippen MR) is 117 cm³/mol. The van der Waals surface area contributed by atoms with E-state index >= 15 is 0 Å². The lowest BCUT2D eigenvalue weighted by molar-refractivity contribution is 0.272. The Morgan fingerprint density at radius 2 is 1.74 bits per heavy atom. The maximum atomic E-state index is 13.3. The van der Waals surface area contributed by atoms with Crippen molar-refractivity contribution < 1.29 is 17.9 Å². The van der Waals surface area contributed by atoms with E-state index in [1.54, 1.807) is 24.5 Å². The molecule has 0 spiro atoms. The van der Waals surface area contributed by atoms with Crippen LogP contribution in [0.2, 0.25) is 0 Å². The fourth-order valence-electron chi connectivity index (χ4n) is 4.09. The number of sulfonamides is 1. The van der Waals surface area contributed by atoms with Crippen molar-refractivity contribution in [3.8, 4) is 22.9 Å². The fraction of sp³-hybridized carbons (Fsp3) is 0.364. The quantitative estimate of drug-likeness (QED) is 0.582. The van der Waals surface area contributed by atoms with Crippen LogP contribution in [0.1, 0.15) is 24.6 Å². The molecule has 0 atom stereocenters. The second-order valence-electron chi connectivity index (χ2n) is 7.48. The fourth-order valence-corrected chi connectivity index (χ4v) is 5.73. The number of imidazole rings is 1. The third-order valence-corrected chi connectivity index (χ3v) is 7.62. The van der Waals surface area contributed by atoms with Gasteiger partial charge < -0.3 is 14.0 Å². The van der Waals surface area contributed by atoms with Crippen LogP contribution in [0.4, 0.5) is 0 Å². The van der Waals surface area contributed by atoms with E-state index in [1.807, 2.05) is 25.3 Å². The van der Waals surface area contributed by atoms with Crippen molar-refractivity contribution in [1.82, 2.24) is 18.8 Å². The van der Waals surface area contributed by atoms with Gasteiger partial charge in [0.2, 0.25) is 10.0 Å². The molecule has 1 fully saturated rings. The van der Waals surface area contributed by atoms with Gasteiger partial charge in [0.25, 0.3) is 0 Å². The number of aryl methyl sites for hydroxylation is 1. The molecule has 4 rings (SSSR count). The average Bonchev–Trinajstić information content (AvgIpc) is 3.20. The van der Waals surface area contributed by atoms with Crippen LogP contribution < -0.4 is 9.47 Å². The van der Waals surface area contributed by atoms with Gasteiger partial charge in [-0.3, -0.25) is 4.98 Å². The standard InChI is InChI=1S/C22H26N4O4S/c1-16-15-24-22(17-6-10-23-11-7-17)26(16)18-8-12-25(13-9-18)31(27,28)21-14-19(29-2)4-5-20(21)30-3/h4-7,10-11,14-15,18H,8-9,12-13H2,1-3H3. The zero-order chi connectivity index (χ0) is 22.0. The molecule has 31 heavy (non-hydrogen) atoms. The van der Waals surface area contributed by atoms with E-state index in [1.165, 1.54) is 24.6 Å². The van der Waals surface area contributed by atoms with E-state index in [0.29, 0.717) is 37.4 Å². The van der Waals surface area contributed by atoms with Gasteiger partial charge in [0.05, 0.1) is 14.2 Å². The number of nitrogens with zero attached hydrogens (tertiary/aromatic N) is 4. The third-order valence-electron chi connectivity index (χ3n) is 5.70. The number of pyridine rings is 1. The van der Waals surface area contributed by atoms with Crippen molar-refractivity contribution >= 4 is 10.0 Å². The largest absolute Gasteiger partial charge is 0.497 e. The topological polar surface area (TPSA) is 86.5 Å². The first-order chi connectivity index (χ1) is 15.0. The molecule has 2 aromatic heterocycles. The van der Waals surface area contributed by atoms with Crippen molar-refractivity contribution in [2.45, 2.75) is 30.7 Å². The van der Waals surface area contributed by atoms with Crippen LogP contribution in [0.5, 0.6) is 11.5 Å². The van der Waals surface area contributed by atoms with E-state index < -0.39 is 10.0 Å². The van der Waals surface area contributed by atoms with E-state index in [0.717, 1.165) is 17.1 Å². The summed E-state index contributed by atoms with van der Waals surface area (Å²) in [4.78, 5) is 8.80. The Morgan fingerprint density at radius 3 is 2.39 bits per heavy atom. The van der Waals surface area contributed by atoms with Crippen LogP contribution in [0, 0.1) is 6.92 Å². The maximum absolute atomic E-state index is 13.3. The lowest BCUT2D eigenvalue weighted by Gasteiger charge is -2.33. The second kappa shape index (κ2) is 8.68. The number of rotatable bonds is 6. The van der Waals surface area contributed by atoms with Gasteiger partial charge in [0, 0.05) is 55.0 Å². The Balaban J connectivity index is 1.57. The van der Waals surface area contributed by atoms with E-state index in [-0.39, 0.29) is 10.9 Å². The van der Waals surface area contributed by atoms with Crippen LogP contribution in [-0.2, 0) is 10.0 Å². The van der Waals surface area contributed by atoms with Crippen molar-refractivity contribution in [1.29, 1.82) is 0 Å². The van der Waals surface area contributed by atoms with Crippen LogP contribution in [-0.4, -0.2) is 54.6 Å². The van der Waals surface area contributed by atoms with Gasteiger partial charge >= 0.3 is 0 Å². The SMILES string of the molecule is COc1ccc(OC)c(S(=O)(=O)N2CCC(n3c(C)cnc3-c3ccncc3)CC2)c1. The van der Waals surface area contributed by atoms with Crippen LogP contribution in [0.3, 0.4) is 0 Å². The first-order valence-electron chi connectivity index (χ1n) is 10.1. The van der Waals surface area contributed by atoms with E-state index in [4.69, 9.17) is 9.47 Å². The Morgan fingerprint density at radius 1 is 1.03 bits per heavy atom. The number of piperidine rings is 1. The Kier molecular flexibility index (Phi) is 5.97. The molecule has 0 radical (unpaired) electrons. The average molecular weight is 443 g/mol. The first kappa shape index (κ1) is 21.3. The number of aromatic nitrogens is 3. The number of hydrogen-bond donors (Lipinski definition) is 0. The van der Waals surface area contributed by atoms with Gasteiger partial charge in [0.1, 0.15) is 22.2 Å². The van der Waals surface area contributed by atoms with Gasteiger partial charge in [-0.25, -0.2) is 13.4 Å². The predicted octanol–water partition coefficient (Wildman–Crippen LogP) is 3.30. The Hall–Kier alpha value is -2.91. The summed E-state index contributed by atoms with van der Waals surface area (Å²) in [6.45, 7) is 2.86. The maximum Gasteiger partial charge on any atom is 0.246 e. The highest BCUT2D eigenvalue weighted by atomic mass is 32.2. The number of methoxy groups -OCH3 is 2. The lowest BCUT2D eigenvalue weighted by atomic mass is 10.1. The molecule has 0 saturated carbocycles. The van der Waals surface area contributed by atoms with Crippen LogP contribution in [0.15, 0.2) is 53.8 Å². The van der Waals surface area contributed by atoms with Crippen LogP contribution in [0.25, 0.3) is 11.4 Å². The van der Waals surface area contributed by atoms with Gasteiger partial charge in [-0.2, -0.15) is 4.31 Å². The lowest BCUT2D eigenvalue weighted by Crippen LogP contribution is -2.39. The Labute approximate surface area is 182 Å². The molecule has 0 unspecified atom stereocenters. The third kappa shape index (κ3) is 4.03. The van der Waals surface area contributed by atoms with Crippen molar-refractivity contribution in [3.63, 3.8) is 0 Å². The molecular formula is C22H26N4O4S. The number of ether oxygens (including phenoxy) is 2. The minimum atomic E-state index is -3.71. The summed E-state index contributed by atoms with van der Waals surface area (Å²) in [5.74, 6) is 1.68.